The lowest BCUT2D eigenvalue weighted by Gasteiger charge is -2.29. The zero-order valence-electron chi connectivity index (χ0n) is 16.2. The van der Waals surface area contributed by atoms with Gasteiger partial charge in [0, 0.05) is 22.6 Å². The van der Waals surface area contributed by atoms with E-state index in [1.54, 1.807) is 0 Å². The summed E-state index contributed by atoms with van der Waals surface area (Å²) in [6.45, 7) is 0. The lowest BCUT2D eigenvalue weighted by molar-refractivity contribution is 0.0935. The molecule has 0 amide bonds. The number of rotatable bonds is 2. The Balaban J connectivity index is 1.68. The zero-order chi connectivity index (χ0) is 19.8. The van der Waals surface area contributed by atoms with Crippen LogP contribution in [0.3, 0.4) is 0 Å². The van der Waals surface area contributed by atoms with Gasteiger partial charge in [-0.05, 0) is 47.9 Å². The third kappa shape index (κ3) is 3.05. The Hall–Kier alpha value is -3.26. The van der Waals surface area contributed by atoms with E-state index in [0.29, 0.717) is 6.42 Å². The normalized spacial score (nSPS) is 20.1. The van der Waals surface area contributed by atoms with Gasteiger partial charge in [-0.2, -0.15) is 0 Å². The molecule has 29 heavy (non-hydrogen) atoms. The molecule has 0 heterocycles. The fraction of sp³-hybridized carbons (Fsp3) is 0.185. The molecule has 1 unspecified atom stereocenters. The van der Waals surface area contributed by atoms with Crippen LogP contribution in [0.15, 0.2) is 84.4 Å². The Morgan fingerprint density at radius 1 is 0.655 bits per heavy atom. The first kappa shape index (κ1) is 17.8. The molecule has 142 valence electrons. The van der Waals surface area contributed by atoms with Gasteiger partial charge in [-0.1, -0.05) is 78.9 Å². The van der Waals surface area contributed by atoms with Gasteiger partial charge in [-0.3, -0.25) is 9.59 Å². The number of fused-ring (bicyclic) bond motifs is 2. The Morgan fingerprint density at radius 2 is 1.28 bits per heavy atom. The second-order valence-electron chi connectivity index (χ2n) is 7.86. The summed E-state index contributed by atoms with van der Waals surface area (Å²) in [5, 5.41) is 0. The third-order valence-electron chi connectivity index (χ3n) is 6.24. The van der Waals surface area contributed by atoms with Gasteiger partial charge in [0.15, 0.2) is 11.6 Å². The lowest BCUT2D eigenvalue weighted by Crippen LogP contribution is -2.27. The first-order chi connectivity index (χ1) is 14.2. The minimum Gasteiger partial charge on any atom is -0.293 e. The minimum atomic E-state index is -0.267. The number of carbonyl (C=O) groups is 2. The molecule has 0 radical (unpaired) electrons. The summed E-state index contributed by atoms with van der Waals surface area (Å²) in [6, 6.07) is 25.7. The van der Waals surface area contributed by atoms with E-state index < -0.39 is 0 Å². The molecule has 0 saturated heterocycles. The van der Waals surface area contributed by atoms with Crippen LogP contribution in [0.25, 0.3) is 5.57 Å². The van der Waals surface area contributed by atoms with E-state index in [1.165, 1.54) is 0 Å². The molecule has 5 rings (SSSR count). The highest BCUT2D eigenvalue weighted by molar-refractivity contribution is 6.18. The molecular formula is C27H22O2. The van der Waals surface area contributed by atoms with Crippen LogP contribution >= 0.6 is 0 Å². The van der Waals surface area contributed by atoms with Crippen LogP contribution < -0.4 is 0 Å². The molecule has 0 aromatic heterocycles. The van der Waals surface area contributed by atoms with Crippen LogP contribution in [-0.4, -0.2) is 11.6 Å². The molecule has 1 atom stereocenters. The molecule has 0 spiro atoms. The van der Waals surface area contributed by atoms with Crippen molar-refractivity contribution in [2.24, 2.45) is 5.92 Å². The molecule has 3 aromatic carbocycles. The highest BCUT2D eigenvalue weighted by Gasteiger charge is 2.35. The van der Waals surface area contributed by atoms with Gasteiger partial charge in [0.05, 0.1) is 0 Å². The van der Waals surface area contributed by atoms with Crippen LogP contribution in [0.2, 0.25) is 0 Å². The van der Waals surface area contributed by atoms with E-state index in [0.717, 1.165) is 58.2 Å². The maximum absolute atomic E-state index is 13.5. The topological polar surface area (TPSA) is 34.1 Å². The van der Waals surface area contributed by atoms with E-state index in [9.17, 15) is 9.59 Å². The number of hydrogen-bond acceptors (Lipinski definition) is 2. The highest BCUT2D eigenvalue weighted by Crippen LogP contribution is 2.40. The van der Waals surface area contributed by atoms with Crippen LogP contribution in [-0.2, 0) is 12.8 Å². The molecule has 0 aliphatic heterocycles. The number of Topliss-reactive ketones (excluding diaryl/α,β-unsaturated/α-hetero) is 2. The third-order valence-corrected chi connectivity index (χ3v) is 6.24. The molecule has 2 heteroatoms. The van der Waals surface area contributed by atoms with E-state index in [4.69, 9.17) is 0 Å². The van der Waals surface area contributed by atoms with Gasteiger partial charge in [0.1, 0.15) is 0 Å². The van der Waals surface area contributed by atoms with Crippen molar-refractivity contribution in [1.82, 2.24) is 0 Å². The summed E-state index contributed by atoms with van der Waals surface area (Å²) in [7, 11) is 0. The smallest absolute Gasteiger partial charge is 0.189 e. The van der Waals surface area contributed by atoms with Gasteiger partial charge in [0.25, 0.3) is 0 Å². The molecular weight excluding hydrogens is 356 g/mol. The largest absolute Gasteiger partial charge is 0.293 e. The predicted molar refractivity (Wildman–Crippen MR) is 115 cm³/mol. The lowest BCUT2D eigenvalue weighted by atomic mass is 9.72. The first-order valence-corrected chi connectivity index (χ1v) is 10.3. The molecule has 0 fully saturated rings. The quantitative estimate of drug-likeness (QED) is 0.535. The highest BCUT2D eigenvalue weighted by atomic mass is 16.1. The maximum atomic E-state index is 13.5. The summed E-state index contributed by atoms with van der Waals surface area (Å²) in [6.07, 6.45) is 3.13. The van der Waals surface area contributed by atoms with Gasteiger partial charge in [-0.25, -0.2) is 0 Å². The monoisotopic (exact) mass is 378 g/mol. The van der Waals surface area contributed by atoms with Gasteiger partial charge in [0.2, 0.25) is 0 Å². The average Bonchev–Trinajstić information content (AvgIpc) is 2.78. The Labute approximate surface area is 170 Å². The Morgan fingerprint density at radius 3 is 2.03 bits per heavy atom. The van der Waals surface area contributed by atoms with Crippen LogP contribution in [0.4, 0.5) is 0 Å². The molecule has 2 aliphatic carbocycles. The molecule has 2 aliphatic rings. The molecule has 0 saturated carbocycles. The van der Waals surface area contributed by atoms with Crippen molar-refractivity contribution in [3.05, 3.63) is 112 Å². The van der Waals surface area contributed by atoms with E-state index >= 15 is 0 Å². The number of allylic oxidation sites excluding steroid dienone is 2. The van der Waals surface area contributed by atoms with Crippen LogP contribution in [0.1, 0.15) is 50.2 Å². The fourth-order valence-corrected chi connectivity index (χ4v) is 4.83. The van der Waals surface area contributed by atoms with Crippen molar-refractivity contribution in [1.29, 1.82) is 0 Å². The fourth-order valence-electron chi connectivity index (χ4n) is 4.83. The summed E-state index contributed by atoms with van der Waals surface area (Å²) < 4.78 is 0. The van der Waals surface area contributed by atoms with Gasteiger partial charge < -0.3 is 0 Å². The molecule has 0 N–H and O–H groups in total. The number of aryl methyl sites for hydroxylation is 2. The van der Waals surface area contributed by atoms with E-state index in [2.05, 4.69) is 0 Å². The maximum Gasteiger partial charge on any atom is 0.189 e. The average molecular weight is 378 g/mol. The van der Waals surface area contributed by atoms with Crippen molar-refractivity contribution < 1.29 is 9.59 Å². The Bertz CT molecular complexity index is 1140. The van der Waals surface area contributed by atoms with Crippen molar-refractivity contribution in [3.8, 4) is 0 Å². The van der Waals surface area contributed by atoms with Crippen molar-refractivity contribution in [2.45, 2.75) is 25.7 Å². The van der Waals surface area contributed by atoms with Crippen LogP contribution in [0.5, 0.6) is 0 Å². The number of hydrogen-bond donors (Lipinski definition) is 0. The summed E-state index contributed by atoms with van der Waals surface area (Å²) >= 11 is 0. The number of ketones is 2. The van der Waals surface area contributed by atoms with Crippen LogP contribution in [0, 0.1) is 5.92 Å². The zero-order valence-corrected chi connectivity index (χ0v) is 16.2. The standard InChI is InChI=1S/C27H22O2/c28-26-21-12-6-4-8-18(21)14-16-23(26)25(20-10-2-1-3-11-20)24-17-15-19-9-5-7-13-22(19)27(24)29/h1-13,23H,14-17H2/b25-24-. The summed E-state index contributed by atoms with van der Waals surface area (Å²) in [4.78, 5) is 26.9. The van der Waals surface area contributed by atoms with Gasteiger partial charge >= 0.3 is 0 Å². The second-order valence-corrected chi connectivity index (χ2v) is 7.86. The second kappa shape index (κ2) is 7.29. The van der Waals surface area contributed by atoms with Gasteiger partial charge in [-0.15, -0.1) is 0 Å². The van der Waals surface area contributed by atoms with Crippen molar-refractivity contribution in [3.63, 3.8) is 0 Å². The Kier molecular flexibility index (Phi) is 4.48. The summed E-state index contributed by atoms with van der Waals surface area (Å²) in [5.41, 5.74) is 6.55. The SMILES string of the molecule is O=C1/C(=C(/c2ccccc2)C2CCc3ccccc3C2=O)CCc2ccccc21. The van der Waals surface area contributed by atoms with Crippen molar-refractivity contribution >= 4 is 17.1 Å². The molecule has 3 aromatic rings. The van der Waals surface area contributed by atoms with E-state index in [1.807, 2.05) is 78.9 Å². The van der Waals surface area contributed by atoms with E-state index in [-0.39, 0.29) is 17.5 Å². The van der Waals surface area contributed by atoms with Crippen molar-refractivity contribution in [2.75, 3.05) is 0 Å². The molecule has 0 bridgehead atoms. The summed E-state index contributed by atoms with van der Waals surface area (Å²) in [5.74, 6) is -0.0428. The molecule has 2 nitrogen and oxygen atoms in total. The first-order valence-electron chi connectivity index (χ1n) is 10.3. The number of benzene rings is 3. The number of carbonyl (C=O) groups excluding carboxylic acids is 2. The minimum absolute atomic E-state index is 0.0809. The predicted octanol–water partition coefficient (Wildman–Crippen LogP) is 5.71.